The normalized spacial score (nSPS) is 10.4. The molecule has 2 aromatic rings. The standard InChI is InChI=1S/C20H23BrN4O3/c1-25(14-19(27)23-17-10-6-5-9-16(17)21)12-11-18(26)24-20(28)22-13-15-7-3-2-4-8-15/h2-10H,11-14H2,1H3,(H,23,27)(H2,22,24,26,28). The minimum atomic E-state index is -0.539. The van der Waals surface area contributed by atoms with E-state index in [2.05, 4.69) is 31.9 Å². The zero-order valence-electron chi connectivity index (χ0n) is 15.6. The van der Waals surface area contributed by atoms with Crippen molar-refractivity contribution in [2.24, 2.45) is 0 Å². The Morgan fingerprint density at radius 1 is 0.964 bits per heavy atom. The molecule has 3 N–H and O–H groups in total. The van der Waals surface area contributed by atoms with Crippen LogP contribution in [-0.2, 0) is 16.1 Å². The van der Waals surface area contributed by atoms with Crippen molar-refractivity contribution in [3.05, 3.63) is 64.6 Å². The van der Waals surface area contributed by atoms with Gasteiger partial charge in [0.1, 0.15) is 0 Å². The highest BCUT2D eigenvalue weighted by Crippen LogP contribution is 2.20. The highest BCUT2D eigenvalue weighted by atomic mass is 79.9. The molecule has 28 heavy (non-hydrogen) atoms. The topological polar surface area (TPSA) is 90.5 Å². The third-order valence-electron chi connectivity index (χ3n) is 3.83. The van der Waals surface area contributed by atoms with Crippen molar-refractivity contribution in [2.45, 2.75) is 13.0 Å². The quantitative estimate of drug-likeness (QED) is 0.581. The fourth-order valence-corrected chi connectivity index (χ4v) is 2.76. The van der Waals surface area contributed by atoms with Crippen molar-refractivity contribution in [1.82, 2.24) is 15.5 Å². The molecule has 0 aliphatic rings. The number of halogens is 1. The number of hydrogen-bond donors (Lipinski definition) is 3. The largest absolute Gasteiger partial charge is 0.334 e. The van der Waals surface area contributed by atoms with Crippen LogP contribution in [0.1, 0.15) is 12.0 Å². The van der Waals surface area contributed by atoms with E-state index in [1.165, 1.54) is 0 Å². The number of urea groups is 1. The van der Waals surface area contributed by atoms with Gasteiger partial charge in [0.05, 0.1) is 12.2 Å². The maximum atomic E-state index is 12.1. The zero-order valence-corrected chi connectivity index (χ0v) is 17.2. The summed E-state index contributed by atoms with van der Waals surface area (Å²) in [4.78, 5) is 37.4. The average Bonchev–Trinajstić information content (AvgIpc) is 2.67. The second kappa shape index (κ2) is 11.2. The van der Waals surface area contributed by atoms with Gasteiger partial charge >= 0.3 is 6.03 Å². The fraction of sp³-hybridized carbons (Fsp3) is 0.250. The van der Waals surface area contributed by atoms with E-state index in [0.717, 1.165) is 10.0 Å². The summed E-state index contributed by atoms with van der Waals surface area (Å²) in [6.45, 7) is 0.824. The lowest BCUT2D eigenvalue weighted by atomic mass is 10.2. The summed E-state index contributed by atoms with van der Waals surface area (Å²) in [5.41, 5.74) is 1.63. The van der Waals surface area contributed by atoms with Crippen molar-refractivity contribution in [1.29, 1.82) is 0 Å². The lowest BCUT2D eigenvalue weighted by Gasteiger charge is -2.16. The Labute approximate surface area is 172 Å². The molecule has 148 valence electrons. The van der Waals surface area contributed by atoms with Gasteiger partial charge in [-0.2, -0.15) is 0 Å². The van der Waals surface area contributed by atoms with Gasteiger partial charge in [-0.1, -0.05) is 42.5 Å². The van der Waals surface area contributed by atoms with Gasteiger partial charge in [-0.25, -0.2) is 4.79 Å². The number of amides is 4. The molecule has 0 aliphatic carbocycles. The van der Waals surface area contributed by atoms with Crippen LogP contribution in [0.2, 0.25) is 0 Å². The Bertz CT molecular complexity index is 814. The second-order valence-corrected chi connectivity index (χ2v) is 7.09. The van der Waals surface area contributed by atoms with Crippen LogP contribution in [0, 0.1) is 0 Å². The maximum Gasteiger partial charge on any atom is 0.321 e. The molecule has 0 unspecified atom stereocenters. The number of nitrogens with zero attached hydrogens (tertiary/aromatic N) is 1. The molecule has 0 bridgehead atoms. The first-order valence-electron chi connectivity index (χ1n) is 8.78. The monoisotopic (exact) mass is 446 g/mol. The molecule has 8 heteroatoms. The summed E-state index contributed by atoms with van der Waals surface area (Å²) in [5, 5.41) is 7.71. The summed E-state index contributed by atoms with van der Waals surface area (Å²) < 4.78 is 0.798. The Morgan fingerprint density at radius 2 is 1.64 bits per heavy atom. The molecule has 2 aromatic carbocycles. The molecule has 0 saturated carbocycles. The van der Waals surface area contributed by atoms with E-state index in [4.69, 9.17) is 0 Å². The highest BCUT2D eigenvalue weighted by molar-refractivity contribution is 9.10. The van der Waals surface area contributed by atoms with Gasteiger partial charge in [0, 0.05) is 24.0 Å². The maximum absolute atomic E-state index is 12.1. The molecule has 4 amide bonds. The van der Waals surface area contributed by atoms with Crippen molar-refractivity contribution in [3.63, 3.8) is 0 Å². The number of carbonyl (C=O) groups is 3. The molecular weight excluding hydrogens is 424 g/mol. The number of benzene rings is 2. The number of para-hydroxylation sites is 1. The highest BCUT2D eigenvalue weighted by Gasteiger charge is 2.12. The lowest BCUT2D eigenvalue weighted by Crippen LogP contribution is -2.40. The predicted molar refractivity (Wildman–Crippen MR) is 112 cm³/mol. The van der Waals surface area contributed by atoms with Crippen LogP contribution >= 0.6 is 15.9 Å². The van der Waals surface area contributed by atoms with Crippen LogP contribution in [0.25, 0.3) is 0 Å². The van der Waals surface area contributed by atoms with Crippen LogP contribution in [-0.4, -0.2) is 42.9 Å². The van der Waals surface area contributed by atoms with E-state index in [9.17, 15) is 14.4 Å². The van der Waals surface area contributed by atoms with E-state index < -0.39 is 11.9 Å². The fourth-order valence-electron chi connectivity index (χ4n) is 2.38. The van der Waals surface area contributed by atoms with Gasteiger partial charge in [-0.15, -0.1) is 0 Å². The van der Waals surface area contributed by atoms with Gasteiger partial charge in [0.25, 0.3) is 0 Å². The van der Waals surface area contributed by atoms with Crippen molar-refractivity contribution >= 4 is 39.5 Å². The van der Waals surface area contributed by atoms with Crippen molar-refractivity contribution in [3.8, 4) is 0 Å². The number of likely N-dealkylation sites (N-methyl/N-ethyl adjacent to an activating group) is 1. The summed E-state index contributed by atoms with van der Waals surface area (Å²) in [6, 6.07) is 16.2. The number of rotatable bonds is 8. The van der Waals surface area contributed by atoms with Gasteiger partial charge in [0.15, 0.2) is 0 Å². The predicted octanol–water partition coefficient (Wildman–Crippen LogP) is 2.74. The zero-order chi connectivity index (χ0) is 20.4. The molecule has 0 aliphatic heterocycles. The summed E-state index contributed by atoms with van der Waals surface area (Å²) in [6.07, 6.45) is 0.109. The number of anilines is 1. The average molecular weight is 447 g/mol. The smallest absolute Gasteiger partial charge is 0.321 e. The summed E-state index contributed by atoms with van der Waals surface area (Å²) in [7, 11) is 1.74. The molecule has 0 saturated heterocycles. The third-order valence-corrected chi connectivity index (χ3v) is 4.52. The van der Waals surface area contributed by atoms with E-state index in [-0.39, 0.29) is 18.9 Å². The first kappa shape index (κ1) is 21.6. The molecule has 0 radical (unpaired) electrons. The SMILES string of the molecule is CN(CCC(=O)NC(=O)NCc1ccccc1)CC(=O)Nc1ccccc1Br. The third kappa shape index (κ3) is 7.89. The Morgan fingerprint density at radius 3 is 2.36 bits per heavy atom. The minimum absolute atomic E-state index is 0.109. The van der Waals surface area contributed by atoms with Gasteiger partial charge in [0.2, 0.25) is 11.8 Å². The van der Waals surface area contributed by atoms with E-state index >= 15 is 0 Å². The number of nitrogens with one attached hydrogen (secondary N) is 3. The lowest BCUT2D eigenvalue weighted by molar-refractivity contribution is -0.121. The van der Waals surface area contributed by atoms with Crippen molar-refractivity contribution < 1.29 is 14.4 Å². The van der Waals surface area contributed by atoms with E-state index in [0.29, 0.717) is 18.8 Å². The molecule has 2 rings (SSSR count). The van der Waals surface area contributed by atoms with Crippen LogP contribution < -0.4 is 16.0 Å². The molecule has 7 nitrogen and oxygen atoms in total. The number of hydrogen-bond acceptors (Lipinski definition) is 4. The Kier molecular flexibility index (Phi) is 8.64. The first-order valence-corrected chi connectivity index (χ1v) is 9.58. The van der Waals surface area contributed by atoms with Crippen LogP contribution in [0.5, 0.6) is 0 Å². The van der Waals surface area contributed by atoms with Gasteiger partial charge in [-0.05, 0) is 40.7 Å². The van der Waals surface area contributed by atoms with Crippen LogP contribution in [0.4, 0.5) is 10.5 Å². The van der Waals surface area contributed by atoms with Crippen molar-refractivity contribution in [2.75, 3.05) is 25.5 Å². The van der Waals surface area contributed by atoms with Gasteiger partial charge in [-0.3, -0.25) is 19.8 Å². The summed E-state index contributed by atoms with van der Waals surface area (Å²) in [5.74, 6) is -0.584. The Hall–Kier alpha value is -2.71. The van der Waals surface area contributed by atoms with E-state index in [1.54, 1.807) is 18.0 Å². The second-order valence-electron chi connectivity index (χ2n) is 6.23. The van der Waals surface area contributed by atoms with Gasteiger partial charge < -0.3 is 10.6 Å². The summed E-state index contributed by atoms with van der Waals surface area (Å²) >= 11 is 3.37. The van der Waals surface area contributed by atoms with E-state index in [1.807, 2.05) is 48.5 Å². The molecular formula is C20H23BrN4O3. The molecule has 0 atom stereocenters. The first-order chi connectivity index (χ1) is 13.4. The molecule has 0 spiro atoms. The molecule has 0 heterocycles. The minimum Gasteiger partial charge on any atom is -0.334 e. The van der Waals surface area contributed by atoms with Crippen LogP contribution in [0.15, 0.2) is 59.1 Å². The van der Waals surface area contributed by atoms with Crippen LogP contribution in [0.3, 0.4) is 0 Å². The number of imide groups is 1. The Balaban J connectivity index is 1.65. The molecule has 0 aromatic heterocycles. The molecule has 0 fully saturated rings. The number of carbonyl (C=O) groups excluding carboxylic acids is 3.